The Bertz CT molecular complexity index is 2740. The average molecular weight is 949 g/mol. The molecule has 1 aromatic carbocycles. The van der Waals surface area contributed by atoms with Gasteiger partial charge in [-0.3, -0.25) is 29.4 Å². The lowest BCUT2D eigenvalue weighted by atomic mass is 9.91. The van der Waals surface area contributed by atoms with Crippen molar-refractivity contribution < 1.29 is 32.5 Å². The maximum atomic E-state index is 15.3. The summed E-state index contributed by atoms with van der Waals surface area (Å²) in [6, 6.07) is 1.88. The van der Waals surface area contributed by atoms with Crippen LogP contribution in [0.15, 0.2) is 35.4 Å². The van der Waals surface area contributed by atoms with Crippen LogP contribution in [0, 0.1) is 11.6 Å². The Morgan fingerprint density at radius 2 is 1.45 bits per heavy atom. The normalized spacial score (nSPS) is 20.2. The van der Waals surface area contributed by atoms with Crippen LogP contribution in [0.25, 0.3) is 33.8 Å². The SMILES string of the molecule is CC(C)(C)n1nc(-c2noc(C3CC3)c2-c2ncc(C3CCN(C(=O)CCC(=O)N4CCC(N5CCN(c6c(F)cc(N[C@@H]7CCC(=O)NC7=O)cc6F)CC5)CC4)CC3)cn2)c2c(N)ncnc21. The fraction of sp³-hybridized carbons (Fsp3) is 0.542. The molecular formula is C48H58F2N14O5. The van der Waals surface area contributed by atoms with E-state index in [-0.39, 0.29) is 72.7 Å². The molecule has 21 heteroatoms. The number of likely N-dealkylation sites (tertiary alicyclic amines) is 2. The number of rotatable bonds is 11. The topological polar surface area (TPSA) is 227 Å². The van der Waals surface area contributed by atoms with Gasteiger partial charge in [-0.15, -0.1) is 0 Å². The number of imide groups is 1. The third kappa shape index (κ3) is 9.44. The van der Waals surface area contributed by atoms with Crippen molar-refractivity contribution in [3.63, 3.8) is 0 Å². The number of anilines is 3. The van der Waals surface area contributed by atoms with E-state index >= 15 is 8.78 Å². The van der Waals surface area contributed by atoms with Crippen molar-refractivity contribution in [3.8, 4) is 22.8 Å². The maximum Gasteiger partial charge on any atom is 0.249 e. The Balaban J connectivity index is 0.681. The van der Waals surface area contributed by atoms with E-state index in [0.717, 1.165) is 49.8 Å². The van der Waals surface area contributed by atoms with Crippen molar-refractivity contribution in [2.45, 2.75) is 114 Å². The molecule has 5 aliphatic rings. The third-order valence-electron chi connectivity index (χ3n) is 14.3. The molecule has 4 saturated heterocycles. The van der Waals surface area contributed by atoms with Crippen molar-refractivity contribution in [2.75, 3.05) is 68.3 Å². The number of piperazine rings is 1. The lowest BCUT2D eigenvalue weighted by Gasteiger charge is -2.43. The lowest BCUT2D eigenvalue weighted by Crippen LogP contribution is -2.54. The van der Waals surface area contributed by atoms with Gasteiger partial charge in [0.2, 0.25) is 23.6 Å². The van der Waals surface area contributed by atoms with Gasteiger partial charge < -0.3 is 30.3 Å². The zero-order chi connectivity index (χ0) is 48.1. The molecular weight excluding hydrogens is 891 g/mol. The first-order valence-electron chi connectivity index (χ1n) is 24.2. The van der Waals surface area contributed by atoms with Gasteiger partial charge in [0.15, 0.2) is 28.9 Å². The molecule has 10 rings (SSSR count). The molecule has 69 heavy (non-hydrogen) atoms. The molecule has 4 amide bonds. The summed E-state index contributed by atoms with van der Waals surface area (Å²) in [5, 5.41) is 15.1. The van der Waals surface area contributed by atoms with Crippen LogP contribution in [0.1, 0.15) is 108 Å². The van der Waals surface area contributed by atoms with Crippen LogP contribution in [0.4, 0.5) is 26.0 Å². The number of aromatic nitrogens is 7. The number of hydrogen-bond acceptors (Lipinski definition) is 15. The summed E-state index contributed by atoms with van der Waals surface area (Å²) >= 11 is 0. The van der Waals surface area contributed by atoms with Crippen molar-refractivity contribution in [1.29, 1.82) is 0 Å². The van der Waals surface area contributed by atoms with Crippen LogP contribution in [-0.4, -0.2) is 138 Å². The predicted molar refractivity (Wildman–Crippen MR) is 251 cm³/mol. The van der Waals surface area contributed by atoms with Gasteiger partial charge in [0.1, 0.15) is 35.3 Å². The number of benzene rings is 1. The zero-order valence-electron chi connectivity index (χ0n) is 39.2. The Morgan fingerprint density at radius 3 is 2.06 bits per heavy atom. The molecule has 5 fully saturated rings. The molecule has 1 aliphatic carbocycles. The highest BCUT2D eigenvalue weighted by atomic mass is 19.1. The molecule has 0 bridgehead atoms. The van der Waals surface area contributed by atoms with Crippen LogP contribution >= 0.6 is 0 Å². The monoisotopic (exact) mass is 948 g/mol. The van der Waals surface area contributed by atoms with Gasteiger partial charge in [-0.25, -0.2) is 33.4 Å². The second-order valence-electron chi connectivity index (χ2n) is 20.0. The highest BCUT2D eigenvalue weighted by Gasteiger charge is 2.38. The fourth-order valence-corrected chi connectivity index (χ4v) is 10.4. The highest BCUT2D eigenvalue weighted by molar-refractivity contribution is 6.02. The lowest BCUT2D eigenvalue weighted by molar-refractivity contribution is -0.138. The molecule has 5 aromatic rings. The summed E-state index contributed by atoms with van der Waals surface area (Å²) in [6.45, 7) is 10.6. The van der Waals surface area contributed by atoms with E-state index in [0.29, 0.717) is 92.0 Å². The molecule has 0 spiro atoms. The molecule has 1 atom stereocenters. The molecule has 0 radical (unpaired) electrons. The standard InChI is InChI=1S/C48H58F2N14O5/c1-48(2,3)64-46-39(44(51)54-26-55-46)40(58-64)41-38(43(69-59-41)28-4-5-28)45-52-24-29(25-53-45)27-10-14-61(15-11-27)36(66)8-9-37(67)62-16-12-31(13-17-62)60-18-20-63(21-19-60)42-32(49)22-30(23-33(42)50)56-34-6-7-35(65)57-47(34)68/h22-28,31,34,56H,4-21H2,1-3H3,(H2,51,54,55)(H,57,65,68)/t34-/m1/s1. The summed E-state index contributed by atoms with van der Waals surface area (Å²) in [6.07, 6.45) is 10.9. The minimum Gasteiger partial charge on any atom is -0.383 e. The zero-order valence-corrected chi connectivity index (χ0v) is 39.2. The number of nitrogen functional groups attached to an aromatic ring is 1. The van der Waals surface area contributed by atoms with E-state index < -0.39 is 29.1 Å². The second-order valence-corrected chi connectivity index (χ2v) is 20.0. The van der Waals surface area contributed by atoms with Crippen molar-refractivity contribution in [2.24, 2.45) is 0 Å². The number of nitrogens with zero attached hydrogens (tertiary/aromatic N) is 11. The molecule has 8 heterocycles. The van der Waals surface area contributed by atoms with E-state index in [1.54, 1.807) is 4.90 Å². The van der Waals surface area contributed by atoms with Crippen molar-refractivity contribution in [1.82, 2.24) is 54.9 Å². The van der Waals surface area contributed by atoms with Gasteiger partial charge in [0.25, 0.3) is 0 Å². The van der Waals surface area contributed by atoms with E-state index in [9.17, 15) is 19.2 Å². The quantitative estimate of drug-likeness (QED) is 0.149. The summed E-state index contributed by atoms with van der Waals surface area (Å²) in [5.41, 5.74) is 9.39. The van der Waals surface area contributed by atoms with Gasteiger partial charge in [-0.1, -0.05) is 5.16 Å². The number of fused-ring (bicyclic) bond motifs is 1. The number of amides is 4. The fourth-order valence-electron chi connectivity index (χ4n) is 10.4. The Labute approximate surface area is 397 Å². The summed E-state index contributed by atoms with van der Waals surface area (Å²) in [7, 11) is 0. The first-order valence-corrected chi connectivity index (χ1v) is 24.2. The molecule has 4 aromatic heterocycles. The first-order chi connectivity index (χ1) is 33.2. The maximum absolute atomic E-state index is 15.3. The summed E-state index contributed by atoms with van der Waals surface area (Å²) in [4.78, 5) is 76.5. The Kier molecular flexibility index (Phi) is 12.5. The minimum absolute atomic E-state index is 0.0192. The molecule has 0 unspecified atom stereocenters. The number of carbonyl (C=O) groups is 4. The van der Waals surface area contributed by atoms with Crippen LogP contribution in [0.2, 0.25) is 0 Å². The molecule has 19 nitrogen and oxygen atoms in total. The molecule has 364 valence electrons. The number of carbonyl (C=O) groups excluding carboxylic acids is 4. The van der Waals surface area contributed by atoms with Crippen LogP contribution in [0.5, 0.6) is 0 Å². The van der Waals surface area contributed by atoms with Crippen molar-refractivity contribution >= 4 is 51.9 Å². The Hall–Kier alpha value is -6.64. The largest absolute Gasteiger partial charge is 0.383 e. The number of piperidine rings is 3. The van der Waals surface area contributed by atoms with Gasteiger partial charge >= 0.3 is 0 Å². The van der Waals surface area contributed by atoms with E-state index in [1.807, 2.05) is 47.6 Å². The minimum atomic E-state index is -0.745. The van der Waals surface area contributed by atoms with Gasteiger partial charge in [-0.2, -0.15) is 5.10 Å². The van der Waals surface area contributed by atoms with Crippen LogP contribution in [0.3, 0.4) is 0 Å². The average Bonchev–Trinajstić information content (AvgIpc) is 3.96. The second kappa shape index (κ2) is 18.7. The summed E-state index contributed by atoms with van der Waals surface area (Å²) in [5.74, 6) is -0.433. The highest BCUT2D eigenvalue weighted by Crippen LogP contribution is 2.48. The predicted octanol–water partition coefficient (Wildman–Crippen LogP) is 4.95. The van der Waals surface area contributed by atoms with E-state index in [2.05, 4.69) is 30.7 Å². The van der Waals surface area contributed by atoms with Gasteiger partial charge in [0, 0.05) is 102 Å². The van der Waals surface area contributed by atoms with Crippen LogP contribution < -0.4 is 21.3 Å². The molecule has 4 N–H and O–H groups in total. The number of hydrogen-bond donors (Lipinski definition) is 3. The van der Waals surface area contributed by atoms with Gasteiger partial charge in [-0.05, 0) is 89.3 Å². The summed E-state index contributed by atoms with van der Waals surface area (Å²) < 4.78 is 38.4. The molecule has 4 aliphatic heterocycles. The Morgan fingerprint density at radius 1 is 0.812 bits per heavy atom. The molecule has 1 saturated carbocycles. The third-order valence-corrected chi connectivity index (χ3v) is 14.3. The number of halogens is 2. The van der Waals surface area contributed by atoms with Gasteiger partial charge in [0.05, 0.1) is 16.5 Å². The first kappa shape index (κ1) is 46.1. The smallest absolute Gasteiger partial charge is 0.249 e. The van der Waals surface area contributed by atoms with E-state index in [4.69, 9.17) is 25.3 Å². The number of nitrogens with two attached hydrogens (primary N) is 1. The number of nitrogens with one attached hydrogen (secondary N) is 2. The van der Waals surface area contributed by atoms with E-state index in [1.165, 1.54) is 18.5 Å². The van der Waals surface area contributed by atoms with Crippen molar-refractivity contribution in [3.05, 3.63) is 53.8 Å². The van der Waals surface area contributed by atoms with Crippen LogP contribution in [-0.2, 0) is 24.7 Å².